The van der Waals surface area contributed by atoms with Gasteiger partial charge in [-0.15, -0.1) is 0 Å². The topological polar surface area (TPSA) is 102 Å². The van der Waals surface area contributed by atoms with Crippen molar-refractivity contribution in [2.45, 2.75) is 13.5 Å². The Labute approximate surface area is 179 Å². The number of nitrogens with one attached hydrogen (secondary N) is 1. The van der Waals surface area contributed by atoms with E-state index < -0.39 is 10.8 Å². The van der Waals surface area contributed by atoms with E-state index >= 15 is 0 Å². The lowest BCUT2D eigenvalue weighted by atomic mass is 10.1. The minimum atomic E-state index is -0.479. The van der Waals surface area contributed by atoms with Crippen LogP contribution in [0.4, 0.5) is 5.69 Å². The third kappa shape index (κ3) is 5.27. The Morgan fingerprint density at radius 1 is 1.24 bits per heavy atom. The molecule has 0 unspecified atom stereocenters. The maximum atomic E-state index is 12.4. The van der Waals surface area contributed by atoms with Crippen molar-refractivity contribution in [1.82, 2.24) is 15.2 Å². The van der Waals surface area contributed by atoms with Crippen molar-refractivity contribution in [3.63, 3.8) is 0 Å². The van der Waals surface area contributed by atoms with Crippen molar-refractivity contribution in [3.05, 3.63) is 91.2 Å². The smallest absolute Gasteiger partial charge is 0.266 e. The van der Waals surface area contributed by atoms with Gasteiger partial charge in [-0.05, 0) is 58.2 Å². The number of hydrogen-bond acceptors (Lipinski definition) is 5. The third-order valence-electron chi connectivity index (χ3n) is 4.01. The average Bonchev–Trinajstić information content (AvgIpc) is 3.07. The molecule has 0 saturated heterocycles. The molecule has 148 valence electrons. The Kier molecular flexibility index (Phi) is 6.40. The number of non-ortho nitro benzene ring substituents is 1. The number of nitro groups is 1. The number of nitro benzene ring substituents is 1. The molecular weight excluding hydrogens is 462 g/mol. The fourth-order valence-corrected chi connectivity index (χ4v) is 3.11. The summed E-state index contributed by atoms with van der Waals surface area (Å²) in [6.07, 6.45) is 1.70. The lowest BCUT2D eigenvalue weighted by Crippen LogP contribution is -2.20. The molecule has 0 saturated carbocycles. The van der Waals surface area contributed by atoms with E-state index in [1.807, 2.05) is 12.1 Å². The molecule has 1 heterocycles. The first-order valence-electron chi connectivity index (χ1n) is 8.40. The van der Waals surface area contributed by atoms with Gasteiger partial charge in [0.2, 0.25) is 0 Å². The number of nitrogens with zero attached hydrogens (tertiary/aromatic N) is 4. The summed E-state index contributed by atoms with van der Waals surface area (Å²) < 4.78 is 2.17. The monoisotopic (exact) mass is 475 g/mol. The number of hydrogen-bond donors (Lipinski definition) is 1. The molecule has 0 aliphatic carbocycles. The molecule has 29 heavy (non-hydrogen) atoms. The third-order valence-corrected chi connectivity index (χ3v) is 4.84. The standard InChI is InChI=1S/C19H15BrClN5O3/c1-12(14-4-8-16(9-5-14)26(28)29)22-23-19(27)18-17(20)11-25(24-18)10-13-2-6-15(21)7-3-13/h2-9,11H,10H2,1H3,(H,23,27)/b22-12+. The summed E-state index contributed by atoms with van der Waals surface area (Å²) in [6.45, 7) is 2.17. The van der Waals surface area contributed by atoms with Crippen LogP contribution in [0.3, 0.4) is 0 Å². The Hall–Kier alpha value is -3.04. The number of amides is 1. The molecule has 1 aromatic heterocycles. The van der Waals surface area contributed by atoms with Gasteiger partial charge >= 0.3 is 0 Å². The lowest BCUT2D eigenvalue weighted by Gasteiger charge is -2.03. The molecule has 3 aromatic rings. The fourth-order valence-electron chi connectivity index (χ4n) is 2.49. The zero-order valence-corrected chi connectivity index (χ0v) is 17.5. The van der Waals surface area contributed by atoms with Crippen LogP contribution in [0, 0.1) is 10.1 Å². The molecule has 1 N–H and O–H groups in total. The van der Waals surface area contributed by atoms with Crippen LogP contribution >= 0.6 is 27.5 Å². The van der Waals surface area contributed by atoms with Gasteiger partial charge in [-0.1, -0.05) is 23.7 Å². The molecule has 10 heteroatoms. The molecule has 8 nitrogen and oxygen atoms in total. The van der Waals surface area contributed by atoms with Crippen molar-refractivity contribution in [2.75, 3.05) is 0 Å². The van der Waals surface area contributed by atoms with Gasteiger partial charge < -0.3 is 0 Å². The van der Waals surface area contributed by atoms with Crippen LogP contribution in [0.1, 0.15) is 28.5 Å². The van der Waals surface area contributed by atoms with Gasteiger partial charge in [-0.2, -0.15) is 10.2 Å². The van der Waals surface area contributed by atoms with Crippen LogP contribution in [0.25, 0.3) is 0 Å². The van der Waals surface area contributed by atoms with Gasteiger partial charge in [0, 0.05) is 23.4 Å². The molecule has 2 aromatic carbocycles. The molecule has 0 fully saturated rings. The number of carbonyl (C=O) groups excluding carboxylic acids is 1. The number of hydrazone groups is 1. The van der Waals surface area contributed by atoms with Gasteiger partial charge in [0.15, 0.2) is 5.69 Å². The summed E-state index contributed by atoms with van der Waals surface area (Å²) in [5.41, 5.74) is 4.78. The maximum Gasteiger partial charge on any atom is 0.293 e. The van der Waals surface area contributed by atoms with Gasteiger partial charge in [0.25, 0.3) is 11.6 Å². The highest BCUT2D eigenvalue weighted by atomic mass is 79.9. The first kappa shape index (κ1) is 20.7. The quantitative estimate of drug-likeness (QED) is 0.323. The second-order valence-electron chi connectivity index (χ2n) is 6.09. The number of aromatic nitrogens is 2. The Balaban J connectivity index is 1.68. The van der Waals surface area contributed by atoms with E-state index in [1.54, 1.807) is 42.1 Å². The van der Waals surface area contributed by atoms with E-state index in [1.165, 1.54) is 12.1 Å². The Bertz CT molecular complexity index is 1080. The van der Waals surface area contributed by atoms with Gasteiger partial charge in [0.05, 0.1) is 21.7 Å². The number of halogens is 2. The molecule has 0 spiro atoms. The summed E-state index contributed by atoms with van der Waals surface area (Å²) in [6, 6.07) is 13.2. The van der Waals surface area contributed by atoms with E-state index in [4.69, 9.17) is 11.6 Å². The summed E-state index contributed by atoms with van der Waals surface area (Å²) in [7, 11) is 0. The Morgan fingerprint density at radius 2 is 1.90 bits per heavy atom. The number of benzene rings is 2. The van der Waals surface area contributed by atoms with E-state index in [2.05, 4.69) is 31.6 Å². The first-order valence-corrected chi connectivity index (χ1v) is 9.57. The molecular formula is C19H15BrClN5O3. The maximum absolute atomic E-state index is 12.4. The number of carbonyl (C=O) groups is 1. The van der Waals surface area contributed by atoms with Crippen LogP contribution in [0.5, 0.6) is 0 Å². The second kappa shape index (κ2) is 8.97. The highest BCUT2D eigenvalue weighted by molar-refractivity contribution is 9.10. The molecule has 1 amide bonds. The van der Waals surface area contributed by atoms with Gasteiger partial charge in [-0.3, -0.25) is 19.6 Å². The highest BCUT2D eigenvalue weighted by Gasteiger charge is 2.15. The first-order chi connectivity index (χ1) is 13.8. The van der Waals surface area contributed by atoms with E-state index in [0.29, 0.717) is 27.3 Å². The predicted octanol–water partition coefficient (Wildman–Crippen LogP) is 4.41. The molecule has 0 aliphatic rings. The largest absolute Gasteiger partial charge is 0.293 e. The molecule has 0 atom stereocenters. The SMILES string of the molecule is C/C(=N\NC(=O)c1nn(Cc2ccc(Cl)cc2)cc1Br)c1ccc([N+](=O)[O-])cc1. The van der Waals surface area contributed by atoms with E-state index in [0.717, 1.165) is 5.56 Å². The second-order valence-corrected chi connectivity index (χ2v) is 7.38. The van der Waals surface area contributed by atoms with Crippen LogP contribution in [0.2, 0.25) is 5.02 Å². The average molecular weight is 477 g/mol. The normalized spacial score (nSPS) is 11.3. The van der Waals surface area contributed by atoms with Crippen LogP contribution in [-0.4, -0.2) is 26.3 Å². The van der Waals surface area contributed by atoms with E-state index in [-0.39, 0.29) is 11.4 Å². The van der Waals surface area contributed by atoms with Crippen LogP contribution in [-0.2, 0) is 6.54 Å². The lowest BCUT2D eigenvalue weighted by molar-refractivity contribution is -0.384. The Morgan fingerprint density at radius 3 is 2.52 bits per heavy atom. The van der Waals surface area contributed by atoms with Crippen molar-refractivity contribution in [1.29, 1.82) is 0 Å². The zero-order valence-electron chi connectivity index (χ0n) is 15.2. The summed E-state index contributed by atoms with van der Waals surface area (Å²) in [5.74, 6) is -0.479. The fraction of sp³-hybridized carbons (Fsp3) is 0.105. The zero-order chi connectivity index (χ0) is 21.0. The molecule has 0 bridgehead atoms. The van der Waals surface area contributed by atoms with Crippen molar-refractivity contribution < 1.29 is 9.72 Å². The van der Waals surface area contributed by atoms with Crippen LogP contribution < -0.4 is 5.43 Å². The van der Waals surface area contributed by atoms with Crippen molar-refractivity contribution >= 4 is 44.8 Å². The number of rotatable bonds is 6. The van der Waals surface area contributed by atoms with Gasteiger partial charge in [0.1, 0.15) is 0 Å². The minimum absolute atomic E-state index is 0.0132. The minimum Gasteiger partial charge on any atom is -0.266 e. The highest BCUT2D eigenvalue weighted by Crippen LogP contribution is 2.17. The molecule has 0 radical (unpaired) electrons. The summed E-state index contributed by atoms with van der Waals surface area (Å²) >= 11 is 9.23. The van der Waals surface area contributed by atoms with Crippen molar-refractivity contribution in [3.8, 4) is 0 Å². The van der Waals surface area contributed by atoms with Crippen molar-refractivity contribution in [2.24, 2.45) is 5.10 Å². The van der Waals surface area contributed by atoms with E-state index in [9.17, 15) is 14.9 Å². The van der Waals surface area contributed by atoms with Gasteiger partial charge in [-0.25, -0.2) is 5.43 Å². The predicted molar refractivity (Wildman–Crippen MR) is 113 cm³/mol. The molecule has 3 rings (SSSR count). The summed E-state index contributed by atoms with van der Waals surface area (Å²) in [5, 5.41) is 19.7. The van der Waals surface area contributed by atoms with Crippen LogP contribution in [0.15, 0.2) is 64.3 Å². The summed E-state index contributed by atoms with van der Waals surface area (Å²) in [4.78, 5) is 22.7. The molecule has 0 aliphatic heterocycles.